The summed E-state index contributed by atoms with van der Waals surface area (Å²) >= 11 is 1.23. The van der Waals surface area contributed by atoms with Gasteiger partial charge in [0.05, 0.1) is 12.7 Å². The van der Waals surface area contributed by atoms with E-state index in [4.69, 9.17) is 0 Å². The molecular weight excluding hydrogens is 340 g/mol. The van der Waals surface area contributed by atoms with Gasteiger partial charge >= 0.3 is 5.97 Å². The summed E-state index contributed by atoms with van der Waals surface area (Å²) in [5.41, 5.74) is 0.323. The highest BCUT2D eigenvalue weighted by Crippen LogP contribution is 2.29. The largest absolute Gasteiger partial charge is 0.465 e. The Bertz CT molecular complexity index is 770. The fourth-order valence-electron chi connectivity index (χ4n) is 2.21. The maximum absolute atomic E-state index is 12.7. The molecule has 0 saturated carbocycles. The van der Waals surface area contributed by atoms with Gasteiger partial charge in [-0.15, -0.1) is 11.3 Å². The van der Waals surface area contributed by atoms with E-state index in [2.05, 4.69) is 15.2 Å². The molecule has 0 aliphatic rings. The first-order valence-corrected chi connectivity index (χ1v) is 7.90. The number of amides is 1. The van der Waals surface area contributed by atoms with Crippen LogP contribution >= 0.6 is 11.3 Å². The van der Waals surface area contributed by atoms with Crippen LogP contribution in [0.3, 0.4) is 0 Å². The van der Waals surface area contributed by atoms with Gasteiger partial charge in [0.25, 0.3) is 6.43 Å². The van der Waals surface area contributed by atoms with Crippen molar-refractivity contribution in [3.05, 3.63) is 34.0 Å². The molecule has 0 aromatic carbocycles. The predicted molar refractivity (Wildman–Crippen MR) is 85.7 cm³/mol. The van der Waals surface area contributed by atoms with Crippen molar-refractivity contribution >= 4 is 28.2 Å². The second kappa shape index (κ2) is 7.08. The molecule has 9 heteroatoms. The van der Waals surface area contributed by atoms with E-state index >= 15 is 0 Å². The van der Waals surface area contributed by atoms with Crippen molar-refractivity contribution in [2.24, 2.45) is 0 Å². The van der Waals surface area contributed by atoms with Crippen molar-refractivity contribution in [3.8, 4) is 0 Å². The van der Waals surface area contributed by atoms with Crippen LogP contribution in [-0.2, 0) is 9.53 Å². The van der Waals surface area contributed by atoms with E-state index in [1.165, 1.54) is 29.2 Å². The molecule has 0 saturated heterocycles. The predicted octanol–water partition coefficient (Wildman–Crippen LogP) is 3.49. The zero-order valence-corrected chi connectivity index (χ0v) is 14.4. The van der Waals surface area contributed by atoms with E-state index in [0.717, 1.165) is 4.88 Å². The summed E-state index contributed by atoms with van der Waals surface area (Å²) in [4.78, 5) is 25.0. The maximum Gasteiger partial charge on any atom is 0.340 e. The Labute approximate surface area is 141 Å². The number of halogens is 2. The third-order valence-electron chi connectivity index (χ3n) is 3.41. The summed E-state index contributed by atoms with van der Waals surface area (Å²) in [5.74, 6) is -1.02. The summed E-state index contributed by atoms with van der Waals surface area (Å²) in [7, 11) is 1.25. The zero-order chi connectivity index (χ0) is 18.0. The molecule has 2 aromatic heterocycles. The standard InChI is InChI=1S/C15H17F2N3O3S/c1-7-5-11(12(16)17)19-20(7)9(3)13(21)18-14-10(15(22)23-4)6-8(2)24-14/h5-6,9,12H,1-4H3,(H,18,21). The van der Waals surface area contributed by atoms with Gasteiger partial charge in [-0.1, -0.05) is 0 Å². The van der Waals surface area contributed by atoms with E-state index in [0.29, 0.717) is 10.7 Å². The number of nitrogens with one attached hydrogen (secondary N) is 1. The summed E-state index contributed by atoms with van der Waals surface area (Å²) < 4.78 is 31.4. The monoisotopic (exact) mass is 357 g/mol. The molecule has 1 unspecified atom stereocenters. The highest BCUT2D eigenvalue weighted by molar-refractivity contribution is 7.16. The minimum Gasteiger partial charge on any atom is -0.465 e. The highest BCUT2D eigenvalue weighted by Gasteiger charge is 2.24. The summed E-state index contributed by atoms with van der Waals surface area (Å²) in [6, 6.07) is 2.04. The first-order chi connectivity index (χ1) is 11.2. The molecule has 2 heterocycles. The number of methoxy groups -OCH3 is 1. The SMILES string of the molecule is COC(=O)c1cc(C)sc1NC(=O)C(C)n1nc(C(F)F)cc1C. The van der Waals surface area contributed by atoms with Crippen LogP contribution in [0, 0.1) is 13.8 Å². The summed E-state index contributed by atoms with van der Waals surface area (Å²) in [5, 5.41) is 6.77. The Morgan fingerprint density at radius 2 is 2.00 bits per heavy atom. The maximum atomic E-state index is 12.7. The van der Waals surface area contributed by atoms with Crippen LogP contribution in [-0.4, -0.2) is 28.8 Å². The smallest absolute Gasteiger partial charge is 0.340 e. The molecule has 1 amide bonds. The average Bonchev–Trinajstić information content (AvgIpc) is 3.08. The molecule has 0 radical (unpaired) electrons. The number of ether oxygens (including phenoxy) is 1. The lowest BCUT2D eigenvalue weighted by molar-refractivity contribution is -0.119. The molecule has 0 spiro atoms. The molecular formula is C15H17F2N3O3S. The van der Waals surface area contributed by atoms with Crippen LogP contribution in [0.15, 0.2) is 12.1 Å². The number of thiophene rings is 1. The Hall–Kier alpha value is -2.29. The van der Waals surface area contributed by atoms with Gasteiger partial charge in [0.15, 0.2) is 0 Å². The van der Waals surface area contributed by atoms with Crippen molar-refractivity contribution in [1.29, 1.82) is 0 Å². The molecule has 24 heavy (non-hydrogen) atoms. The third kappa shape index (κ3) is 3.61. The first kappa shape index (κ1) is 18.1. The Morgan fingerprint density at radius 1 is 1.33 bits per heavy atom. The first-order valence-electron chi connectivity index (χ1n) is 7.08. The molecule has 0 fully saturated rings. The van der Waals surface area contributed by atoms with Gasteiger partial charge in [0, 0.05) is 10.6 Å². The van der Waals surface area contributed by atoms with Crippen LogP contribution in [0.2, 0.25) is 0 Å². The Balaban J connectivity index is 2.22. The number of rotatable bonds is 5. The second-order valence-corrected chi connectivity index (χ2v) is 6.47. The van der Waals surface area contributed by atoms with Crippen LogP contribution in [0.5, 0.6) is 0 Å². The van der Waals surface area contributed by atoms with Gasteiger partial charge in [0.2, 0.25) is 5.91 Å². The van der Waals surface area contributed by atoms with Gasteiger partial charge in [-0.05, 0) is 32.9 Å². The average molecular weight is 357 g/mol. The third-order valence-corrected chi connectivity index (χ3v) is 4.37. The molecule has 6 nitrogen and oxygen atoms in total. The molecule has 1 N–H and O–H groups in total. The minimum atomic E-state index is -2.70. The number of aromatic nitrogens is 2. The van der Waals surface area contributed by atoms with E-state index in [9.17, 15) is 18.4 Å². The van der Waals surface area contributed by atoms with Crippen LogP contribution in [0.1, 0.15) is 46.0 Å². The van der Waals surface area contributed by atoms with Gasteiger partial charge in [0.1, 0.15) is 16.7 Å². The van der Waals surface area contributed by atoms with E-state index < -0.39 is 24.3 Å². The number of hydrogen-bond acceptors (Lipinski definition) is 5. The lowest BCUT2D eigenvalue weighted by Gasteiger charge is -2.14. The summed E-state index contributed by atoms with van der Waals surface area (Å²) in [6.45, 7) is 4.93. The number of aryl methyl sites for hydroxylation is 2. The van der Waals surface area contributed by atoms with Gasteiger partial charge in [-0.25, -0.2) is 13.6 Å². The quantitative estimate of drug-likeness (QED) is 0.832. The van der Waals surface area contributed by atoms with Gasteiger partial charge < -0.3 is 10.1 Å². The van der Waals surface area contributed by atoms with Gasteiger partial charge in [-0.3, -0.25) is 9.48 Å². The Kier molecular flexibility index (Phi) is 5.33. The number of carbonyl (C=O) groups excluding carboxylic acids is 2. The molecule has 0 aliphatic heterocycles. The highest BCUT2D eigenvalue weighted by atomic mass is 32.1. The normalized spacial score (nSPS) is 12.3. The molecule has 2 aromatic rings. The minimum absolute atomic E-state index is 0.256. The van der Waals surface area contributed by atoms with E-state index in [1.54, 1.807) is 26.8 Å². The van der Waals surface area contributed by atoms with Crippen LogP contribution in [0.25, 0.3) is 0 Å². The zero-order valence-electron chi connectivity index (χ0n) is 13.6. The summed E-state index contributed by atoms with van der Waals surface area (Å²) in [6.07, 6.45) is -2.70. The molecule has 1 atom stereocenters. The topological polar surface area (TPSA) is 73.2 Å². The Morgan fingerprint density at radius 3 is 2.54 bits per heavy atom. The number of nitrogens with zero attached hydrogens (tertiary/aromatic N) is 2. The number of anilines is 1. The number of carbonyl (C=O) groups is 2. The van der Waals surface area contributed by atoms with Crippen molar-refractivity contribution in [2.75, 3.05) is 12.4 Å². The molecule has 2 rings (SSSR count). The molecule has 0 aliphatic carbocycles. The molecule has 130 valence electrons. The molecule has 0 bridgehead atoms. The van der Waals surface area contributed by atoms with Gasteiger partial charge in [-0.2, -0.15) is 5.10 Å². The lowest BCUT2D eigenvalue weighted by atomic mass is 10.2. The second-order valence-electron chi connectivity index (χ2n) is 5.21. The fourth-order valence-corrected chi connectivity index (χ4v) is 3.11. The van der Waals surface area contributed by atoms with Crippen molar-refractivity contribution < 1.29 is 23.1 Å². The van der Waals surface area contributed by atoms with E-state index in [-0.39, 0.29) is 11.3 Å². The van der Waals surface area contributed by atoms with Crippen LogP contribution < -0.4 is 5.32 Å². The van der Waals surface area contributed by atoms with Crippen molar-refractivity contribution in [1.82, 2.24) is 9.78 Å². The number of alkyl halides is 2. The van der Waals surface area contributed by atoms with Crippen molar-refractivity contribution in [2.45, 2.75) is 33.2 Å². The number of esters is 1. The van der Waals surface area contributed by atoms with Crippen molar-refractivity contribution in [3.63, 3.8) is 0 Å². The van der Waals surface area contributed by atoms with Crippen LogP contribution in [0.4, 0.5) is 13.8 Å². The fraction of sp³-hybridized carbons (Fsp3) is 0.400. The van der Waals surface area contributed by atoms with E-state index in [1.807, 2.05) is 0 Å². The number of hydrogen-bond donors (Lipinski definition) is 1. The lowest BCUT2D eigenvalue weighted by Crippen LogP contribution is -2.25.